The van der Waals surface area contributed by atoms with Crippen LogP contribution in [0.1, 0.15) is 36.6 Å². The van der Waals surface area contributed by atoms with Crippen molar-refractivity contribution in [1.29, 1.82) is 0 Å². The molecule has 0 saturated carbocycles. The van der Waals surface area contributed by atoms with E-state index in [2.05, 4.69) is 0 Å². The summed E-state index contributed by atoms with van der Waals surface area (Å²) in [4.78, 5) is 29.8. The summed E-state index contributed by atoms with van der Waals surface area (Å²) in [6, 6.07) is 14.5. The van der Waals surface area contributed by atoms with Crippen molar-refractivity contribution >= 4 is 28.8 Å². The molecule has 1 amide bonds. The third-order valence-corrected chi connectivity index (χ3v) is 6.46. The maximum absolute atomic E-state index is 13.5. The molecule has 1 heterocycles. The van der Waals surface area contributed by atoms with E-state index in [0.717, 1.165) is 34.9 Å². The summed E-state index contributed by atoms with van der Waals surface area (Å²) in [5, 5.41) is 11.5. The zero-order chi connectivity index (χ0) is 29.2. The number of ketones is 1. The summed E-state index contributed by atoms with van der Waals surface area (Å²) >= 11 is 0. The van der Waals surface area contributed by atoms with Gasteiger partial charge in [0.2, 0.25) is 0 Å². The van der Waals surface area contributed by atoms with Crippen molar-refractivity contribution in [3.05, 3.63) is 89.0 Å². The van der Waals surface area contributed by atoms with E-state index >= 15 is 0 Å². The van der Waals surface area contributed by atoms with Crippen molar-refractivity contribution in [2.45, 2.75) is 26.1 Å². The molecular formula is C30H29F3N2O5. The Bertz CT molecular complexity index is 1430. The molecule has 1 atom stereocenters. The summed E-state index contributed by atoms with van der Waals surface area (Å²) in [7, 11) is 3.70. The van der Waals surface area contributed by atoms with Gasteiger partial charge in [0.25, 0.3) is 11.7 Å². The van der Waals surface area contributed by atoms with Crippen LogP contribution < -0.4 is 19.3 Å². The SMILES string of the molecule is CCOc1ccc(/C(O)=C2/C(=O)C(=O)N(c3ccc(C(F)(F)F)cc3)C2c2ccc(N(C)C)cc2)c(OCC)c1. The largest absolute Gasteiger partial charge is 0.507 e. The Balaban J connectivity index is 1.92. The molecule has 3 aromatic rings. The third kappa shape index (κ3) is 5.47. The molecule has 0 radical (unpaired) electrons. The number of hydrogen-bond acceptors (Lipinski definition) is 6. The molecule has 1 N–H and O–H groups in total. The van der Waals surface area contributed by atoms with E-state index in [9.17, 15) is 27.9 Å². The van der Waals surface area contributed by atoms with Crippen LogP contribution in [0.4, 0.5) is 24.5 Å². The Labute approximate surface area is 230 Å². The number of amides is 1. The second kappa shape index (κ2) is 11.3. The molecule has 0 bridgehead atoms. The fourth-order valence-electron chi connectivity index (χ4n) is 4.55. The van der Waals surface area contributed by atoms with Gasteiger partial charge < -0.3 is 19.5 Å². The third-order valence-electron chi connectivity index (χ3n) is 6.46. The number of halogens is 3. The Morgan fingerprint density at radius 2 is 1.55 bits per heavy atom. The van der Waals surface area contributed by atoms with Crippen molar-refractivity contribution in [3.8, 4) is 11.5 Å². The minimum absolute atomic E-state index is 0.0764. The highest BCUT2D eigenvalue weighted by Gasteiger charge is 2.47. The zero-order valence-corrected chi connectivity index (χ0v) is 22.5. The van der Waals surface area contributed by atoms with Gasteiger partial charge in [0.1, 0.15) is 17.3 Å². The molecule has 10 heteroatoms. The molecule has 1 fully saturated rings. The van der Waals surface area contributed by atoms with Crippen LogP contribution in [0, 0.1) is 0 Å². The number of rotatable bonds is 8. The van der Waals surface area contributed by atoms with E-state index < -0.39 is 35.2 Å². The Morgan fingerprint density at radius 3 is 2.10 bits per heavy atom. The minimum Gasteiger partial charge on any atom is -0.507 e. The van der Waals surface area contributed by atoms with E-state index in [1.54, 1.807) is 43.3 Å². The molecule has 1 saturated heterocycles. The van der Waals surface area contributed by atoms with Crippen molar-refractivity contribution in [2.24, 2.45) is 0 Å². The Morgan fingerprint density at radius 1 is 0.925 bits per heavy atom. The first kappa shape index (κ1) is 28.5. The monoisotopic (exact) mass is 554 g/mol. The van der Waals surface area contributed by atoms with Gasteiger partial charge in [0, 0.05) is 31.5 Å². The molecule has 1 unspecified atom stereocenters. The first-order chi connectivity index (χ1) is 19.0. The summed E-state index contributed by atoms with van der Waals surface area (Å²) in [5.74, 6) is -1.69. The number of hydrogen-bond donors (Lipinski definition) is 1. The molecule has 40 heavy (non-hydrogen) atoms. The quantitative estimate of drug-likeness (QED) is 0.203. The molecule has 0 aromatic heterocycles. The highest BCUT2D eigenvalue weighted by Crippen LogP contribution is 2.44. The standard InChI is InChI=1S/C30H29F3N2O5/c1-5-39-22-15-16-23(24(17-22)40-6-2)27(36)25-26(18-7-11-20(12-8-18)34(3)4)35(29(38)28(25)37)21-13-9-19(10-14-21)30(31,32)33/h7-17,26,36H,5-6H2,1-4H3/b27-25-. The molecule has 7 nitrogen and oxygen atoms in total. The summed E-state index contributed by atoms with van der Waals surface area (Å²) in [6.45, 7) is 4.23. The van der Waals surface area contributed by atoms with Gasteiger partial charge in [-0.2, -0.15) is 13.2 Å². The van der Waals surface area contributed by atoms with Gasteiger partial charge >= 0.3 is 6.18 Å². The van der Waals surface area contributed by atoms with Crippen molar-refractivity contribution < 1.29 is 37.3 Å². The Hall–Kier alpha value is -4.47. The van der Waals surface area contributed by atoms with Gasteiger partial charge in [0.15, 0.2) is 0 Å². The maximum Gasteiger partial charge on any atom is 0.416 e. The van der Waals surface area contributed by atoms with Crippen LogP contribution in [-0.4, -0.2) is 44.1 Å². The average Bonchev–Trinajstić information content (AvgIpc) is 3.18. The predicted octanol–water partition coefficient (Wildman–Crippen LogP) is 6.20. The van der Waals surface area contributed by atoms with E-state index in [1.807, 2.05) is 25.9 Å². The van der Waals surface area contributed by atoms with E-state index in [1.165, 1.54) is 6.07 Å². The first-order valence-corrected chi connectivity index (χ1v) is 12.6. The highest BCUT2D eigenvalue weighted by molar-refractivity contribution is 6.51. The van der Waals surface area contributed by atoms with Gasteiger partial charge in [0.05, 0.1) is 36.0 Å². The van der Waals surface area contributed by atoms with Crippen molar-refractivity contribution in [2.75, 3.05) is 37.1 Å². The second-order valence-corrected chi connectivity index (χ2v) is 9.22. The zero-order valence-electron chi connectivity index (χ0n) is 22.5. The van der Waals surface area contributed by atoms with Gasteiger partial charge in [-0.15, -0.1) is 0 Å². The van der Waals surface area contributed by atoms with E-state index in [0.29, 0.717) is 17.9 Å². The predicted molar refractivity (Wildman–Crippen MR) is 146 cm³/mol. The molecule has 0 spiro atoms. The van der Waals surface area contributed by atoms with Gasteiger partial charge in [-0.1, -0.05) is 12.1 Å². The summed E-state index contributed by atoms with van der Waals surface area (Å²) in [6.07, 6.45) is -4.57. The number of anilines is 2. The summed E-state index contributed by atoms with van der Waals surface area (Å²) < 4.78 is 50.9. The van der Waals surface area contributed by atoms with E-state index in [4.69, 9.17) is 9.47 Å². The number of carbonyl (C=O) groups excluding carboxylic acids is 2. The number of alkyl halides is 3. The lowest BCUT2D eigenvalue weighted by molar-refractivity contribution is -0.137. The average molecular weight is 555 g/mol. The topological polar surface area (TPSA) is 79.3 Å². The first-order valence-electron chi connectivity index (χ1n) is 12.6. The molecule has 0 aliphatic carbocycles. The molecule has 1 aliphatic rings. The maximum atomic E-state index is 13.5. The molecular weight excluding hydrogens is 525 g/mol. The number of nitrogens with zero attached hydrogens (tertiary/aromatic N) is 2. The van der Waals surface area contributed by atoms with Gasteiger partial charge in [-0.3, -0.25) is 14.5 Å². The molecule has 1 aliphatic heterocycles. The fourth-order valence-corrected chi connectivity index (χ4v) is 4.55. The smallest absolute Gasteiger partial charge is 0.416 e. The lowest BCUT2D eigenvalue weighted by Gasteiger charge is -2.26. The molecule has 4 rings (SSSR count). The van der Waals surface area contributed by atoms with Crippen LogP contribution in [0.25, 0.3) is 5.76 Å². The van der Waals surface area contributed by atoms with Gasteiger partial charge in [-0.05, 0) is 67.9 Å². The number of aliphatic hydroxyl groups is 1. The molecule has 3 aromatic carbocycles. The summed E-state index contributed by atoms with van der Waals surface area (Å²) in [5.41, 5.74) is 0.469. The van der Waals surface area contributed by atoms with Crippen molar-refractivity contribution in [3.63, 3.8) is 0 Å². The van der Waals surface area contributed by atoms with Crippen LogP contribution in [0.2, 0.25) is 0 Å². The second-order valence-electron chi connectivity index (χ2n) is 9.22. The fraction of sp³-hybridized carbons (Fsp3) is 0.267. The van der Waals surface area contributed by atoms with Crippen LogP contribution in [0.3, 0.4) is 0 Å². The lowest BCUT2D eigenvalue weighted by Crippen LogP contribution is -2.29. The normalized spacial score (nSPS) is 16.8. The van der Waals surface area contributed by atoms with Gasteiger partial charge in [-0.25, -0.2) is 0 Å². The van der Waals surface area contributed by atoms with Crippen LogP contribution in [-0.2, 0) is 15.8 Å². The lowest BCUT2D eigenvalue weighted by atomic mass is 9.94. The number of benzene rings is 3. The number of Topliss-reactive ketones (excluding diaryl/α,β-unsaturated/α-hetero) is 1. The number of ether oxygens (including phenoxy) is 2. The van der Waals surface area contributed by atoms with Crippen molar-refractivity contribution in [1.82, 2.24) is 0 Å². The Kier molecular flexibility index (Phi) is 8.08. The van der Waals surface area contributed by atoms with Crippen LogP contribution in [0.15, 0.2) is 72.3 Å². The number of carbonyl (C=O) groups is 2. The number of aliphatic hydroxyl groups excluding tert-OH is 1. The minimum atomic E-state index is -4.57. The highest BCUT2D eigenvalue weighted by atomic mass is 19.4. The van der Waals surface area contributed by atoms with Crippen LogP contribution >= 0.6 is 0 Å². The van der Waals surface area contributed by atoms with E-state index in [-0.39, 0.29) is 29.2 Å². The van der Waals surface area contributed by atoms with Crippen LogP contribution in [0.5, 0.6) is 11.5 Å². The molecule has 210 valence electrons.